The molecule has 0 aliphatic carbocycles. The molecule has 5 nitrogen and oxygen atoms in total. The van der Waals surface area contributed by atoms with Crippen LogP contribution < -0.4 is 4.74 Å². The normalized spacial score (nSPS) is 10.8. The fourth-order valence-corrected chi connectivity index (χ4v) is 3.27. The fraction of sp³-hybridized carbons (Fsp3) is 0.238. The molecule has 1 aromatic heterocycles. The molecule has 0 saturated heterocycles. The van der Waals surface area contributed by atoms with Crippen molar-refractivity contribution in [3.05, 3.63) is 59.3 Å². The van der Waals surface area contributed by atoms with Crippen LogP contribution in [0.15, 0.2) is 42.5 Å². The number of hydrogen-bond donors (Lipinski definition) is 0. The molecule has 26 heavy (non-hydrogen) atoms. The van der Waals surface area contributed by atoms with Crippen molar-refractivity contribution in [2.75, 3.05) is 13.7 Å². The Balaban J connectivity index is 2.25. The van der Waals surface area contributed by atoms with E-state index in [-0.39, 0.29) is 5.78 Å². The number of esters is 1. The van der Waals surface area contributed by atoms with Crippen LogP contribution in [0.25, 0.3) is 16.6 Å². The van der Waals surface area contributed by atoms with Gasteiger partial charge in [0.05, 0.1) is 24.8 Å². The molecule has 0 spiro atoms. The lowest BCUT2D eigenvalue weighted by molar-refractivity contribution is 0.0526. The van der Waals surface area contributed by atoms with Gasteiger partial charge in [-0.3, -0.25) is 4.79 Å². The lowest BCUT2D eigenvalue weighted by Crippen LogP contribution is -2.04. The minimum atomic E-state index is -0.390. The fourth-order valence-electron chi connectivity index (χ4n) is 3.27. The first-order valence-corrected chi connectivity index (χ1v) is 8.45. The van der Waals surface area contributed by atoms with Gasteiger partial charge in [-0.15, -0.1) is 0 Å². The summed E-state index contributed by atoms with van der Waals surface area (Å²) in [6.07, 6.45) is 0. The molecule has 0 atom stereocenters. The van der Waals surface area contributed by atoms with Crippen LogP contribution in [0.1, 0.15) is 40.3 Å². The van der Waals surface area contributed by atoms with E-state index in [4.69, 9.17) is 9.47 Å². The highest BCUT2D eigenvalue weighted by Gasteiger charge is 2.20. The number of fused-ring (bicyclic) bond motifs is 1. The summed E-state index contributed by atoms with van der Waals surface area (Å²) in [4.78, 5) is 24.4. The van der Waals surface area contributed by atoms with Crippen LogP contribution in [0, 0.1) is 6.92 Å². The molecule has 0 fully saturated rings. The number of aromatic nitrogens is 1. The van der Waals surface area contributed by atoms with E-state index < -0.39 is 5.97 Å². The SMILES string of the molecule is CCOC(=O)c1ccc2c(c1)c(C(C)=O)c(C)n2-c1ccc(OC)cc1. The summed E-state index contributed by atoms with van der Waals surface area (Å²) >= 11 is 0. The molecule has 0 unspecified atom stereocenters. The lowest BCUT2D eigenvalue weighted by atomic mass is 10.1. The topological polar surface area (TPSA) is 57.5 Å². The predicted octanol–water partition coefficient (Wildman–Crippen LogP) is 4.33. The molecule has 2 aromatic carbocycles. The smallest absolute Gasteiger partial charge is 0.338 e. The van der Waals surface area contributed by atoms with E-state index in [1.54, 1.807) is 26.2 Å². The van der Waals surface area contributed by atoms with Gasteiger partial charge in [0.2, 0.25) is 0 Å². The van der Waals surface area contributed by atoms with Gasteiger partial charge in [0.1, 0.15) is 5.75 Å². The number of rotatable bonds is 5. The van der Waals surface area contributed by atoms with Gasteiger partial charge >= 0.3 is 5.97 Å². The first kappa shape index (κ1) is 17.7. The Hall–Kier alpha value is -3.08. The zero-order valence-electron chi connectivity index (χ0n) is 15.3. The van der Waals surface area contributed by atoms with Gasteiger partial charge in [-0.1, -0.05) is 0 Å². The minimum absolute atomic E-state index is 0.0410. The van der Waals surface area contributed by atoms with Crippen LogP contribution in [-0.4, -0.2) is 30.0 Å². The van der Waals surface area contributed by atoms with Crippen LogP contribution in [0.4, 0.5) is 0 Å². The maximum Gasteiger partial charge on any atom is 0.338 e. The van der Waals surface area contributed by atoms with Crippen LogP contribution in [0.2, 0.25) is 0 Å². The molecule has 1 heterocycles. The average molecular weight is 351 g/mol. The van der Waals surface area contributed by atoms with Crippen molar-refractivity contribution < 1.29 is 19.1 Å². The van der Waals surface area contributed by atoms with E-state index in [0.29, 0.717) is 17.7 Å². The standard InChI is InChI=1S/C21H21NO4/c1-5-26-21(24)15-6-11-19-18(12-15)20(14(3)23)13(2)22(19)16-7-9-17(25-4)10-8-16/h6-12H,5H2,1-4H3. The Kier molecular flexibility index (Phi) is 4.80. The van der Waals surface area contributed by atoms with Gasteiger partial charge in [0.15, 0.2) is 5.78 Å². The third kappa shape index (κ3) is 2.96. The van der Waals surface area contributed by atoms with Crippen LogP contribution in [0.5, 0.6) is 5.75 Å². The molecule has 0 amide bonds. The quantitative estimate of drug-likeness (QED) is 0.507. The molecule has 0 saturated carbocycles. The Bertz CT molecular complexity index is 983. The zero-order valence-corrected chi connectivity index (χ0v) is 15.3. The molecule has 5 heteroatoms. The number of methoxy groups -OCH3 is 1. The number of nitrogens with zero attached hydrogens (tertiary/aromatic N) is 1. The van der Waals surface area contributed by atoms with Gasteiger partial charge in [-0.25, -0.2) is 4.79 Å². The second kappa shape index (κ2) is 7.04. The van der Waals surface area contributed by atoms with E-state index in [1.807, 2.05) is 41.8 Å². The van der Waals surface area contributed by atoms with Crippen molar-refractivity contribution in [1.82, 2.24) is 4.57 Å². The van der Waals surface area contributed by atoms with E-state index in [0.717, 1.165) is 28.0 Å². The molecule has 3 rings (SSSR count). The number of ether oxygens (including phenoxy) is 2. The second-order valence-corrected chi connectivity index (χ2v) is 6.00. The van der Waals surface area contributed by atoms with Crippen molar-refractivity contribution in [2.24, 2.45) is 0 Å². The molecule has 0 N–H and O–H groups in total. The first-order valence-electron chi connectivity index (χ1n) is 8.45. The van der Waals surface area contributed by atoms with E-state index in [1.165, 1.54) is 6.92 Å². The predicted molar refractivity (Wildman–Crippen MR) is 101 cm³/mol. The van der Waals surface area contributed by atoms with Gasteiger partial charge in [-0.2, -0.15) is 0 Å². The largest absolute Gasteiger partial charge is 0.497 e. The van der Waals surface area contributed by atoms with E-state index in [2.05, 4.69) is 0 Å². The van der Waals surface area contributed by atoms with Crippen molar-refractivity contribution in [1.29, 1.82) is 0 Å². The van der Waals surface area contributed by atoms with Gasteiger partial charge in [-0.05, 0) is 63.2 Å². The minimum Gasteiger partial charge on any atom is -0.497 e. The first-order chi connectivity index (χ1) is 12.5. The summed E-state index contributed by atoms with van der Waals surface area (Å²) in [5.74, 6) is 0.332. The maximum absolute atomic E-state index is 12.3. The maximum atomic E-state index is 12.3. The second-order valence-electron chi connectivity index (χ2n) is 6.00. The van der Waals surface area contributed by atoms with E-state index >= 15 is 0 Å². The third-order valence-corrected chi connectivity index (χ3v) is 4.40. The Morgan fingerprint density at radius 1 is 1.08 bits per heavy atom. The Morgan fingerprint density at radius 3 is 2.35 bits per heavy atom. The number of benzene rings is 2. The average Bonchev–Trinajstić information content (AvgIpc) is 2.93. The van der Waals surface area contributed by atoms with Gasteiger partial charge in [0, 0.05) is 22.3 Å². The van der Waals surface area contributed by atoms with Crippen LogP contribution in [0.3, 0.4) is 0 Å². The summed E-state index contributed by atoms with van der Waals surface area (Å²) in [7, 11) is 1.62. The highest BCUT2D eigenvalue weighted by molar-refractivity contribution is 6.10. The number of Topliss-reactive ketones (excluding diaryl/α,β-unsaturated/α-hetero) is 1. The molecule has 0 aliphatic rings. The van der Waals surface area contributed by atoms with E-state index in [9.17, 15) is 9.59 Å². The molecule has 0 aliphatic heterocycles. The van der Waals surface area contributed by atoms with Gasteiger partial charge < -0.3 is 14.0 Å². The zero-order chi connectivity index (χ0) is 18.8. The number of carbonyl (C=O) groups excluding carboxylic acids is 2. The number of hydrogen-bond acceptors (Lipinski definition) is 4. The summed E-state index contributed by atoms with van der Waals surface area (Å²) in [6.45, 7) is 5.52. The number of carbonyl (C=O) groups is 2. The highest BCUT2D eigenvalue weighted by Crippen LogP contribution is 2.31. The molecular weight excluding hydrogens is 330 g/mol. The lowest BCUT2D eigenvalue weighted by Gasteiger charge is -2.10. The summed E-state index contributed by atoms with van der Waals surface area (Å²) in [5, 5.41) is 0.747. The summed E-state index contributed by atoms with van der Waals surface area (Å²) < 4.78 is 12.3. The van der Waals surface area contributed by atoms with Crippen molar-refractivity contribution in [3.63, 3.8) is 0 Å². The third-order valence-electron chi connectivity index (χ3n) is 4.40. The van der Waals surface area contributed by atoms with Crippen molar-refractivity contribution >= 4 is 22.7 Å². The summed E-state index contributed by atoms with van der Waals surface area (Å²) in [6, 6.07) is 12.9. The molecular formula is C21H21NO4. The highest BCUT2D eigenvalue weighted by atomic mass is 16.5. The van der Waals surface area contributed by atoms with Crippen LogP contribution in [-0.2, 0) is 4.74 Å². The molecule has 0 bridgehead atoms. The monoisotopic (exact) mass is 351 g/mol. The molecule has 134 valence electrons. The van der Waals surface area contributed by atoms with Crippen LogP contribution >= 0.6 is 0 Å². The van der Waals surface area contributed by atoms with Crippen molar-refractivity contribution in [3.8, 4) is 11.4 Å². The van der Waals surface area contributed by atoms with Crippen molar-refractivity contribution in [2.45, 2.75) is 20.8 Å². The Morgan fingerprint density at radius 2 is 1.77 bits per heavy atom. The Labute approximate surface area is 152 Å². The molecule has 3 aromatic rings. The molecule has 0 radical (unpaired) electrons. The number of ketones is 1. The summed E-state index contributed by atoms with van der Waals surface area (Å²) in [5.41, 5.74) is 3.67. The van der Waals surface area contributed by atoms with Gasteiger partial charge in [0.25, 0.3) is 0 Å².